The van der Waals surface area contributed by atoms with E-state index in [9.17, 15) is 0 Å². The maximum absolute atomic E-state index is 5.81. The fourth-order valence-electron chi connectivity index (χ4n) is 2.31. The predicted octanol–water partition coefficient (Wildman–Crippen LogP) is 5.04. The maximum atomic E-state index is 5.81. The van der Waals surface area contributed by atoms with Crippen LogP contribution in [0.4, 0.5) is 0 Å². The first-order valence-corrected chi connectivity index (χ1v) is 8.50. The van der Waals surface area contributed by atoms with Crippen molar-refractivity contribution in [3.63, 3.8) is 0 Å². The number of aromatic nitrogens is 3. The molecule has 0 amide bonds. The van der Waals surface area contributed by atoms with Gasteiger partial charge in [-0.1, -0.05) is 41.6 Å². The number of fused-ring (bicyclic) bond motifs is 1. The summed E-state index contributed by atoms with van der Waals surface area (Å²) in [6, 6.07) is 15.7. The predicted molar refractivity (Wildman–Crippen MR) is 92.8 cm³/mol. The Labute approximate surface area is 143 Å². The van der Waals surface area contributed by atoms with Crippen LogP contribution in [0.2, 0.25) is 0 Å². The van der Waals surface area contributed by atoms with Crippen LogP contribution in [0, 0.1) is 6.92 Å². The number of para-hydroxylation sites is 2. The third kappa shape index (κ3) is 2.92. The van der Waals surface area contributed by atoms with Crippen LogP contribution in [0.1, 0.15) is 23.6 Å². The van der Waals surface area contributed by atoms with Crippen molar-refractivity contribution in [3.8, 4) is 11.5 Å². The molecule has 0 aliphatic rings. The zero-order valence-corrected chi connectivity index (χ0v) is 14.1. The highest BCUT2D eigenvalue weighted by atomic mass is 32.2. The largest absolute Gasteiger partial charge is 0.431 e. The number of nitrogens with zero attached hydrogens (tertiary/aromatic N) is 3. The van der Waals surface area contributed by atoms with Crippen LogP contribution in [-0.2, 0) is 0 Å². The Morgan fingerprint density at radius 2 is 1.75 bits per heavy atom. The highest BCUT2D eigenvalue weighted by molar-refractivity contribution is 7.99. The highest BCUT2D eigenvalue weighted by Gasteiger charge is 2.19. The van der Waals surface area contributed by atoms with Crippen molar-refractivity contribution in [1.82, 2.24) is 15.2 Å². The first kappa shape index (κ1) is 15.0. The van der Waals surface area contributed by atoms with Gasteiger partial charge < -0.3 is 8.83 Å². The molecule has 2 heterocycles. The van der Waals surface area contributed by atoms with Crippen molar-refractivity contribution in [2.24, 2.45) is 0 Å². The van der Waals surface area contributed by atoms with Gasteiger partial charge >= 0.3 is 0 Å². The first-order valence-electron chi connectivity index (χ1n) is 7.62. The molecule has 4 aromatic rings. The maximum Gasteiger partial charge on any atom is 0.257 e. The summed E-state index contributed by atoms with van der Waals surface area (Å²) >= 11 is 1.46. The van der Waals surface area contributed by atoms with Gasteiger partial charge in [0.25, 0.3) is 5.22 Å². The lowest BCUT2D eigenvalue weighted by Gasteiger charge is -2.02. The number of hydrogen-bond acceptors (Lipinski definition) is 6. The molecular weight excluding hydrogens is 322 g/mol. The molecule has 0 radical (unpaired) electrons. The topological polar surface area (TPSA) is 65.0 Å². The minimum absolute atomic E-state index is 0.0511. The van der Waals surface area contributed by atoms with Crippen molar-refractivity contribution >= 4 is 22.9 Å². The Kier molecular flexibility index (Phi) is 3.82. The quantitative estimate of drug-likeness (QED) is 0.486. The van der Waals surface area contributed by atoms with Crippen LogP contribution in [0.5, 0.6) is 0 Å². The average molecular weight is 337 g/mol. The molecule has 1 atom stereocenters. The Morgan fingerprint density at radius 3 is 2.54 bits per heavy atom. The van der Waals surface area contributed by atoms with E-state index in [-0.39, 0.29) is 5.25 Å². The molecule has 0 unspecified atom stereocenters. The van der Waals surface area contributed by atoms with E-state index in [2.05, 4.69) is 15.2 Å². The molecule has 0 bridgehead atoms. The molecule has 24 heavy (non-hydrogen) atoms. The zero-order chi connectivity index (χ0) is 16.5. The van der Waals surface area contributed by atoms with Gasteiger partial charge in [0.2, 0.25) is 11.8 Å². The third-order valence-electron chi connectivity index (χ3n) is 3.64. The van der Waals surface area contributed by atoms with E-state index in [1.165, 1.54) is 17.3 Å². The van der Waals surface area contributed by atoms with Gasteiger partial charge in [-0.15, -0.1) is 10.2 Å². The van der Waals surface area contributed by atoms with Crippen LogP contribution in [0.15, 0.2) is 62.6 Å². The van der Waals surface area contributed by atoms with Crippen molar-refractivity contribution < 1.29 is 8.83 Å². The van der Waals surface area contributed by atoms with Crippen molar-refractivity contribution in [2.75, 3.05) is 0 Å². The number of oxazole rings is 1. The highest BCUT2D eigenvalue weighted by Crippen LogP contribution is 2.36. The monoisotopic (exact) mass is 337 g/mol. The third-order valence-corrected chi connectivity index (χ3v) is 4.57. The fourth-order valence-corrected chi connectivity index (χ4v) is 3.10. The minimum atomic E-state index is -0.0511. The summed E-state index contributed by atoms with van der Waals surface area (Å²) in [7, 11) is 0. The zero-order valence-electron chi connectivity index (χ0n) is 13.3. The molecule has 0 saturated heterocycles. The molecule has 120 valence electrons. The van der Waals surface area contributed by atoms with E-state index in [1.54, 1.807) is 0 Å². The number of aryl methyl sites for hydroxylation is 1. The molecule has 6 heteroatoms. The van der Waals surface area contributed by atoms with Crippen LogP contribution >= 0.6 is 11.8 Å². The molecule has 0 aliphatic carbocycles. The van der Waals surface area contributed by atoms with Crippen molar-refractivity contribution in [3.05, 3.63) is 60.0 Å². The molecule has 0 fully saturated rings. The molecule has 0 saturated carbocycles. The molecule has 0 N–H and O–H groups in total. The number of rotatable bonds is 4. The first-order chi connectivity index (χ1) is 11.7. The average Bonchev–Trinajstić information content (AvgIpc) is 3.21. The Hall–Kier alpha value is -2.60. The number of thioether (sulfide) groups is 1. The molecule has 5 nitrogen and oxygen atoms in total. The Balaban J connectivity index is 1.54. The van der Waals surface area contributed by atoms with E-state index in [4.69, 9.17) is 8.83 Å². The van der Waals surface area contributed by atoms with E-state index in [0.717, 1.165) is 16.7 Å². The van der Waals surface area contributed by atoms with Crippen LogP contribution in [-0.4, -0.2) is 15.2 Å². The molecule has 4 rings (SSSR count). The Morgan fingerprint density at radius 1 is 0.958 bits per heavy atom. The lowest BCUT2D eigenvalue weighted by atomic mass is 10.1. The Bertz CT molecular complexity index is 942. The smallest absolute Gasteiger partial charge is 0.257 e. The van der Waals surface area contributed by atoms with E-state index < -0.39 is 0 Å². The molecule has 0 aliphatic heterocycles. The van der Waals surface area contributed by atoms with Gasteiger partial charge in [-0.25, -0.2) is 4.98 Å². The summed E-state index contributed by atoms with van der Waals surface area (Å²) in [6.07, 6.45) is 0. The van der Waals surface area contributed by atoms with Gasteiger partial charge in [-0.05, 0) is 38.1 Å². The summed E-state index contributed by atoms with van der Waals surface area (Å²) in [5, 5.41) is 8.84. The summed E-state index contributed by atoms with van der Waals surface area (Å²) in [6.45, 7) is 4.04. The summed E-state index contributed by atoms with van der Waals surface area (Å²) in [5.74, 6) is 1.08. The van der Waals surface area contributed by atoms with Crippen LogP contribution in [0.3, 0.4) is 0 Å². The lowest BCUT2D eigenvalue weighted by molar-refractivity contribution is 0.481. The fraction of sp³-hybridized carbons (Fsp3) is 0.167. The van der Waals surface area contributed by atoms with Crippen molar-refractivity contribution in [1.29, 1.82) is 0 Å². The van der Waals surface area contributed by atoms with Gasteiger partial charge in [0, 0.05) is 5.56 Å². The second-order valence-electron chi connectivity index (χ2n) is 5.52. The van der Waals surface area contributed by atoms with Crippen molar-refractivity contribution in [2.45, 2.75) is 24.3 Å². The van der Waals surface area contributed by atoms with E-state index in [0.29, 0.717) is 17.0 Å². The lowest BCUT2D eigenvalue weighted by Crippen LogP contribution is -1.88. The number of hydrogen-bond donors (Lipinski definition) is 0. The second-order valence-corrected chi connectivity index (χ2v) is 6.81. The minimum Gasteiger partial charge on any atom is -0.431 e. The summed E-state index contributed by atoms with van der Waals surface area (Å²) in [4.78, 5) is 4.46. The normalized spacial score (nSPS) is 12.6. The van der Waals surface area contributed by atoms with Gasteiger partial charge in [0.1, 0.15) is 5.52 Å². The molecule has 0 spiro atoms. The van der Waals surface area contributed by atoms with Crippen LogP contribution in [0.25, 0.3) is 22.6 Å². The standard InChI is InChI=1S/C18H15N3O2S/c1-11-7-9-13(10-8-11)17-21-20-16(23-17)12(2)24-18-19-14-5-3-4-6-15(14)22-18/h3-10,12H,1-2H3/t12-/m1/s1. The summed E-state index contributed by atoms with van der Waals surface area (Å²) in [5.41, 5.74) is 3.73. The van der Waals surface area contributed by atoms with Gasteiger partial charge in [-0.2, -0.15) is 0 Å². The molecular formula is C18H15N3O2S. The number of benzene rings is 2. The molecule has 2 aromatic heterocycles. The summed E-state index contributed by atoms with van der Waals surface area (Å²) < 4.78 is 11.5. The van der Waals surface area contributed by atoms with E-state index >= 15 is 0 Å². The van der Waals surface area contributed by atoms with Gasteiger partial charge in [-0.3, -0.25) is 0 Å². The van der Waals surface area contributed by atoms with Crippen LogP contribution < -0.4 is 0 Å². The van der Waals surface area contributed by atoms with Gasteiger partial charge in [0.05, 0.1) is 5.25 Å². The second kappa shape index (κ2) is 6.13. The molecule has 2 aromatic carbocycles. The van der Waals surface area contributed by atoms with E-state index in [1.807, 2.05) is 62.4 Å². The SMILES string of the molecule is Cc1ccc(-c2nnc([C@@H](C)Sc3nc4ccccc4o3)o2)cc1. The van der Waals surface area contributed by atoms with Gasteiger partial charge in [0.15, 0.2) is 5.58 Å².